The van der Waals surface area contributed by atoms with Gasteiger partial charge in [-0.25, -0.2) is 0 Å². The van der Waals surface area contributed by atoms with Crippen LogP contribution in [0.5, 0.6) is 0 Å². The lowest BCUT2D eigenvalue weighted by Crippen LogP contribution is -2.38. The smallest absolute Gasteiger partial charge is 0.191 e. The Hall–Kier alpha value is -1.97. The van der Waals surface area contributed by atoms with E-state index in [2.05, 4.69) is 53.9 Å². The molecule has 1 aromatic heterocycles. The van der Waals surface area contributed by atoms with Gasteiger partial charge in [-0.3, -0.25) is 4.99 Å². The predicted molar refractivity (Wildman–Crippen MR) is 93.5 cm³/mol. The third-order valence-electron chi connectivity index (χ3n) is 4.18. The SMILES string of the molecule is CCNC(=NCCc1c[nH]c2c(CC)cccc12)NC1CC1. The Morgan fingerprint density at radius 1 is 1.27 bits per heavy atom. The standard InChI is InChI=1S/C18H26N4/c1-3-13-6-5-7-16-14(12-21-17(13)16)10-11-20-18(19-4-2)22-15-8-9-15/h5-7,12,15,21H,3-4,8-11H2,1-2H3,(H2,19,20,22). The number of H-pyrrole nitrogens is 1. The second-order valence-electron chi connectivity index (χ2n) is 5.94. The van der Waals surface area contributed by atoms with Gasteiger partial charge in [0.2, 0.25) is 0 Å². The predicted octanol–water partition coefficient (Wildman–Crippen LogP) is 2.99. The van der Waals surface area contributed by atoms with Crippen LogP contribution >= 0.6 is 0 Å². The quantitative estimate of drug-likeness (QED) is 0.567. The first-order valence-corrected chi connectivity index (χ1v) is 8.44. The lowest BCUT2D eigenvalue weighted by Gasteiger charge is -2.09. The van der Waals surface area contributed by atoms with Crippen LogP contribution in [0.2, 0.25) is 0 Å². The van der Waals surface area contributed by atoms with Gasteiger partial charge in [0.1, 0.15) is 0 Å². The van der Waals surface area contributed by atoms with Gasteiger partial charge in [-0.2, -0.15) is 0 Å². The molecule has 1 heterocycles. The Morgan fingerprint density at radius 3 is 2.86 bits per heavy atom. The zero-order valence-electron chi connectivity index (χ0n) is 13.6. The Kier molecular flexibility index (Phi) is 4.66. The molecule has 0 spiro atoms. The van der Waals surface area contributed by atoms with E-state index in [1.165, 1.54) is 34.9 Å². The van der Waals surface area contributed by atoms with Crippen LogP contribution in [0.1, 0.15) is 37.8 Å². The fourth-order valence-corrected chi connectivity index (χ4v) is 2.81. The molecule has 0 saturated heterocycles. The molecular weight excluding hydrogens is 272 g/mol. The van der Waals surface area contributed by atoms with Crippen molar-refractivity contribution < 1.29 is 0 Å². The maximum atomic E-state index is 4.70. The summed E-state index contributed by atoms with van der Waals surface area (Å²) in [7, 11) is 0. The number of fused-ring (bicyclic) bond motifs is 1. The summed E-state index contributed by atoms with van der Waals surface area (Å²) < 4.78 is 0. The molecule has 3 rings (SSSR count). The fourth-order valence-electron chi connectivity index (χ4n) is 2.81. The normalized spacial score (nSPS) is 15.3. The highest BCUT2D eigenvalue weighted by Gasteiger charge is 2.21. The summed E-state index contributed by atoms with van der Waals surface area (Å²) >= 11 is 0. The lowest BCUT2D eigenvalue weighted by atomic mass is 10.1. The molecular formula is C18H26N4. The highest BCUT2D eigenvalue weighted by Crippen LogP contribution is 2.22. The van der Waals surface area contributed by atoms with E-state index in [1.807, 2.05) is 0 Å². The van der Waals surface area contributed by atoms with Crippen molar-refractivity contribution in [3.05, 3.63) is 35.5 Å². The summed E-state index contributed by atoms with van der Waals surface area (Å²) in [4.78, 5) is 8.13. The number of aromatic amines is 1. The number of rotatable bonds is 6. The van der Waals surface area contributed by atoms with Crippen molar-refractivity contribution >= 4 is 16.9 Å². The monoisotopic (exact) mass is 298 g/mol. The number of benzene rings is 1. The van der Waals surface area contributed by atoms with Gasteiger partial charge in [0.05, 0.1) is 0 Å². The van der Waals surface area contributed by atoms with Gasteiger partial charge in [-0.15, -0.1) is 0 Å². The molecule has 1 fully saturated rings. The van der Waals surface area contributed by atoms with Crippen LogP contribution in [0.25, 0.3) is 10.9 Å². The van der Waals surface area contributed by atoms with Gasteiger partial charge in [-0.05, 0) is 43.7 Å². The van der Waals surface area contributed by atoms with E-state index in [1.54, 1.807) is 0 Å². The van der Waals surface area contributed by atoms with Crippen LogP contribution in [-0.4, -0.2) is 30.1 Å². The van der Waals surface area contributed by atoms with Crippen LogP contribution in [0.15, 0.2) is 29.4 Å². The summed E-state index contributed by atoms with van der Waals surface area (Å²) in [5, 5.41) is 8.12. The van der Waals surface area contributed by atoms with Gasteiger partial charge in [0.15, 0.2) is 5.96 Å². The van der Waals surface area contributed by atoms with Crippen LogP contribution < -0.4 is 10.6 Å². The van der Waals surface area contributed by atoms with Crippen molar-refractivity contribution in [1.29, 1.82) is 0 Å². The average molecular weight is 298 g/mol. The molecule has 1 aromatic carbocycles. The fraction of sp³-hybridized carbons (Fsp3) is 0.500. The molecule has 1 aliphatic rings. The zero-order valence-corrected chi connectivity index (χ0v) is 13.6. The number of nitrogens with zero attached hydrogens (tertiary/aromatic N) is 1. The van der Waals surface area contributed by atoms with E-state index in [9.17, 15) is 0 Å². The van der Waals surface area contributed by atoms with Gasteiger partial charge < -0.3 is 15.6 Å². The van der Waals surface area contributed by atoms with Crippen molar-refractivity contribution in [2.45, 2.75) is 45.6 Å². The van der Waals surface area contributed by atoms with Crippen LogP contribution in [0.4, 0.5) is 0 Å². The van der Waals surface area contributed by atoms with Crippen molar-refractivity contribution in [2.24, 2.45) is 4.99 Å². The summed E-state index contributed by atoms with van der Waals surface area (Å²) in [6.07, 6.45) is 6.71. The Balaban J connectivity index is 1.67. The maximum absolute atomic E-state index is 4.70. The molecule has 3 N–H and O–H groups in total. The van der Waals surface area contributed by atoms with Crippen molar-refractivity contribution in [2.75, 3.05) is 13.1 Å². The van der Waals surface area contributed by atoms with E-state index < -0.39 is 0 Å². The number of guanidine groups is 1. The van der Waals surface area contributed by atoms with Crippen molar-refractivity contribution in [3.63, 3.8) is 0 Å². The molecule has 2 aromatic rings. The van der Waals surface area contributed by atoms with Crippen molar-refractivity contribution in [3.8, 4) is 0 Å². The first kappa shape index (κ1) is 14.9. The molecule has 1 aliphatic carbocycles. The number of hydrogen-bond acceptors (Lipinski definition) is 1. The van der Waals surface area contributed by atoms with Crippen molar-refractivity contribution in [1.82, 2.24) is 15.6 Å². The Morgan fingerprint density at radius 2 is 2.14 bits per heavy atom. The molecule has 4 heteroatoms. The van der Waals surface area contributed by atoms with E-state index in [-0.39, 0.29) is 0 Å². The van der Waals surface area contributed by atoms with Gasteiger partial charge in [-0.1, -0.05) is 25.1 Å². The van der Waals surface area contributed by atoms with E-state index in [4.69, 9.17) is 4.99 Å². The molecule has 4 nitrogen and oxygen atoms in total. The first-order valence-electron chi connectivity index (χ1n) is 8.44. The van der Waals surface area contributed by atoms with Gasteiger partial charge in [0, 0.05) is 36.2 Å². The molecule has 22 heavy (non-hydrogen) atoms. The maximum Gasteiger partial charge on any atom is 0.191 e. The highest BCUT2D eigenvalue weighted by atomic mass is 15.2. The Labute approximate surface area is 132 Å². The molecule has 118 valence electrons. The summed E-state index contributed by atoms with van der Waals surface area (Å²) in [5.41, 5.74) is 4.03. The first-order chi connectivity index (χ1) is 10.8. The summed E-state index contributed by atoms with van der Waals surface area (Å²) in [6, 6.07) is 7.19. The molecule has 0 radical (unpaired) electrons. The van der Waals surface area contributed by atoms with Gasteiger partial charge >= 0.3 is 0 Å². The number of aliphatic imine (C=N–C) groups is 1. The van der Waals surface area contributed by atoms with Gasteiger partial charge in [0.25, 0.3) is 0 Å². The summed E-state index contributed by atoms with van der Waals surface area (Å²) in [6.45, 7) is 6.03. The van der Waals surface area contributed by atoms with E-state index in [0.29, 0.717) is 6.04 Å². The molecule has 1 saturated carbocycles. The minimum atomic E-state index is 0.637. The number of nitrogens with one attached hydrogen (secondary N) is 3. The number of hydrogen-bond donors (Lipinski definition) is 3. The third kappa shape index (κ3) is 3.43. The molecule has 0 aliphatic heterocycles. The minimum absolute atomic E-state index is 0.637. The minimum Gasteiger partial charge on any atom is -0.361 e. The number of para-hydroxylation sites is 1. The van der Waals surface area contributed by atoms with Crippen LogP contribution in [0, 0.1) is 0 Å². The lowest BCUT2D eigenvalue weighted by molar-refractivity contribution is 0.809. The average Bonchev–Trinajstić information content (AvgIpc) is 3.25. The van der Waals surface area contributed by atoms with E-state index in [0.717, 1.165) is 31.9 Å². The van der Waals surface area contributed by atoms with Crippen LogP contribution in [0.3, 0.4) is 0 Å². The highest BCUT2D eigenvalue weighted by molar-refractivity contribution is 5.86. The molecule has 0 atom stereocenters. The Bertz CT molecular complexity index is 652. The second kappa shape index (κ2) is 6.86. The summed E-state index contributed by atoms with van der Waals surface area (Å²) in [5.74, 6) is 0.957. The van der Waals surface area contributed by atoms with E-state index >= 15 is 0 Å². The zero-order chi connectivity index (χ0) is 15.4. The molecule has 0 unspecified atom stereocenters. The number of aromatic nitrogens is 1. The number of aryl methyl sites for hydroxylation is 1. The molecule has 0 bridgehead atoms. The van der Waals surface area contributed by atoms with Crippen LogP contribution in [-0.2, 0) is 12.8 Å². The third-order valence-corrected chi connectivity index (χ3v) is 4.18. The second-order valence-corrected chi connectivity index (χ2v) is 5.94. The largest absolute Gasteiger partial charge is 0.361 e. The topological polar surface area (TPSA) is 52.2 Å². The molecule has 0 amide bonds.